The number of carbonyl (C=O) groups is 1. The summed E-state index contributed by atoms with van der Waals surface area (Å²) < 4.78 is 13.7. The van der Waals surface area contributed by atoms with E-state index in [1.165, 1.54) is 10.5 Å². The molecule has 9 heteroatoms. The van der Waals surface area contributed by atoms with Gasteiger partial charge in [0.25, 0.3) is 11.5 Å². The van der Waals surface area contributed by atoms with Crippen molar-refractivity contribution in [1.82, 2.24) is 19.3 Å². The van der Waals surface area contributed by atoms with Crippen molar-refractivity contribution in [2.75, 3.05) is 20.8 Å². The van der Waals surface area contributed by atoms with Gasteiger partial charge in [-0.05, 0) is 49.2 Å². The minimum absolute atomic E-state index is 0.00103. The minimum Gasteiger partial charge on any atom is -0.493 e. The number of fused-ring (bicyclic) bond motifs is 2. The smallest absolute Gasteiger partial charge is 0.267 e. The zero-order chi connectivity index (χ0) is 23.5. The zero-order valence-corrected chi connectivity index (χ0v) is 18.7. The summed E-state index contributed by atoms with van der Waals surface area (Å²) in [6.45, 7) is 2.56. The Bertz CT molecular complexity index is 1470. The van der Waals surface area contributed by atoms with E-state index in [1.54, 1.807) is 50.1 Å². The molecule has 0 saturated carbocycles. The van der Waals surface area contributed by atoms with E-state index in [-0.39, 0.29) is 22.0 Å². The van der Waals surface area contributed by atoms with Gasteiger partial charge in [-0.2, -0.15) is 0 Å². The molecule has 0 spiro atoms. The van der Waals surface area contributed by atoms with Crippen molar-refractivity contribution in [3.8, 4) is 11.5 Å². The SMILES string of the molecule is CCNC(=O)c1cc2c(=O)n3ccccc3nc2n(CCc2ccc(OC)c(OC)c2)c1=N. The lowest BCUT2D eigenvalue weighted by Gasteiger charge is -2.15. The molecule has 3 aromatic heterocycles. The minimum atomic E-state index is -0.401. The highest BCUT2D eigenvalue weighted by Crippen LogP contribution is 2.27. The normalized spacial score (nSPS) is 11.0. The number of aryl methyl sites for hydroxylation is 2. The molecule has 0 aliphatic heterocycles. The van der Waals surface area contributed by atoms with Crippen molar-refractivity contribution in [2.24, 2.45) is 0 Å². The lowest BCUT2D eigenvalue weighted by molar-refractivity contribution is 0.0953. The Labute approximate surface area is 189 Å². The number of nitrogens with one attached hydrogen (secondary N) is 2. The van der Waals surface area contributed by atoms with Crippen LogP contribution in [0.25, 0.3) is 16.7 Å². The summed E-state index contributed by atoms with van der Waals surface area (Å²) in [6.07, 6.45) is 2.17. The second-order valence-electron chi connectivity index (χ2n) is 7.44. The number of carbonyl (C=O) groups excluding carboxylic acids is 1. The highest BCUT2D eigenvalue weighted by Gasteiger charge is 2.17. The van der Waals surface area contributed by atoms with Gasteiger partial charge in [-0.3, -0.25) is 19.4 Å². The molecule has 0 radical (unpaired) electrons. The third-order valence-electron chi connectivity index (χ3n) is 5.47. The molecular formula is C24H25N5O4. The van der Waals surface area contributed by atoms with Crippen LogP contribution in [0.5, 0.6) is 11.5 Å². The summed E-state index contributed by atoms with van der Waals surface area (Å²) in [4.78, 5) is 30.5. The quantitative estimate of drug-likeness (QED) is 0.422. The molecule has 1 amide bonds. The lowest BCUT2D eigenvalue weighted by atomic mass is 10.1. The number of aromatic nitrogens is 3. The van der Waals surface area contributed by atoms with Gasteiger partial charge in [0.2, 0.25) is 0 Å². The predicted octanol–water partition coefficient (Wildman–Crippen LogP) is 2.14. The molecule has 4 rings (SSSR count). The van der Waals surface area contributed by atoms with Crippen LogP contribution in [0.1, 0.15) is 22.8 Å². The van der Waals surface area contributed by atoms with Gasteiger partial charge in [0.05, 0.1) is 25.2 Å². The maximum Gasteiger partial charge on any atom is 0.267 e. The van der Waals surface area contributed by atoms with Crippen molar-refractivity contribution >= 4 is 22.6 Å². The number of nitrogens with zero attached hydrogens (tertiary/aromatic N) is 3. The first kappa shape index (κ1) is 22.1. The molecule has 0 aliphatic rings. The van der Waals surface area contributed by atoms with Gasteiger partial charge in [-0.1, -0.05) is 12.1 Å². The van der Waals surface area contributed by atoms with Crippen LogP contribution in [0.2, 0.25) is 0 Å². The van der Waals surface area contributed by atoms with Crippen molar-refractivity contribution in [3.05, 3.63) is 75.6 Å². The van der Waals surface area contributed by atoms with Gasteiger partial charge < -0.3 is 19.4 Å². The fraction of sp³-hybridized carbons (Fsp3) is 0.250. The maximum absolute atomic E-state index is 13.2. The third kappa shape index (κ3) is 4.05. The highest BCUT2D eigenvalue weighted by molar-refractivity contribution is 5.96. The van der Waals surface area contributed by atoms with Crippen LogP contribution in [-0.4, -0.2) is 40.6 Å². The van der Waals surface area contributed by atoms with Crippen molar-refractivity contribution in [1.29, 1.82) is 5.41 Å². The average molecular weight is 447 g/mol. The first-order chi connectivity index (χ1) is 16.0. The summed E-state index contributed by atoms with van der Waals surface area (Å²) in [5.41, 5.74) is 1.63. The summed E-state index contributed by atoms with van der Waals surface area (Å²) in [5.74, 6) is 0.830. The number of amides is 1. The summed E-state index contributed by atoms with van der Waals surface area (Å²) in [5, 5.41) is 11.7. The number of pyridine rings is 2. The molecule has 170 valence electrons. The number of hydrogen-bond acceptors (Lipinski definition) is 6. The molecule has 3 heterocycles. The Balaban J connectivity index is 1.88. The van der Waals surface area contributed by atoms with Crippen LogP contribution in [0.15, 0.2) is 53.5 Å². The Morgan fingerprint density at radius 1 is 1.12 bits per heavy atom. The highest BCUT2D eigenvalue weighted by atomic mass is 16.5. The van der Waals surface area contributed by atoms with Gasteiger partial charge in [-0.15, -0.1) is 0 Å². The fourth-order valence-corrected chi connectivity index (χ4v) is 3.81. The van der Waals surface area contributed by atoms with Gasteiger partial charge >= 0.3 is 0 Å². The van der Waals surface area contributed by atoms with Crippen LogP contribution in [0, 0.1) is 5.41 Å². The monoisotopic (exact) mass is 447 g/mol. The van der Waals surface area contributed by atoms with E-state index in [9.17, 15) is 9.59 Å². The second kappa shape index (κ2) is 9.15. The van der Waals surface area contributed by atoms with Crippen molar-refractivity contribution in [3.63, 3.8) is 0 Å². The molecule has 0 saturated heterocycles. The third-order valence-corrected chi connectivity index (χ3v) is 5.47. The molecule has 1 aromatic carbocycles. The molecule has 0 fully saturated rings. The first-order valence-corrected chi connectivity index (χ1v) is 10.6. The van der Waals surface area contributed by atoms with Crippen molar-refractivity contribution in [2.45, 2.75) is 19.9 Å². The summed E-state index contributed by atoms with van der Waals surface area (Å²) in [7, 11) is 3.15. The predicted molar refractivity (Wildman–Crippen MR) is 124 cm³/mol. The lowest BCUT2D eigenvalue weighted by Crippen LogP contribution is -2.35. The maximum atomic E-state index is 13.2. The molecular weight excluding hydrogens is 422 g/mol. The molecule has 33 heavy (non-hydrogen) atoms. The summed E-state index contributed by atoms with van der Waals surface area (Å²) >= 11 is 0. The summed E-state index contributed by atoms with van der Waals surface area (Å²) in [6, 6.07) is 12.4. The van der Waals surface area contributed by atoms with Crippen LogP contribution >= 0.6 is 0 Å². The van der Waals surface area contributed by atoms with Gasteiger partial charge in [-0.25, -0.2) is 4.98 Å². The Morgan fingerprint density at radius 3 is 2.64 bits per heavy atom. The van der Waals surface area contributed by atoms with E-state index < -0.39 is 5.91 Å². The molecule has 0 bridgehead atoms. The second-order valence-corrected chi connectivity index (χ2v) is 7.44. The number of methoxy groups -OCH3 is 2. The van der Waals surface area contributed by atoms with Crippen LogP contribution in [0.4, 0.5) is 0 Å². The van der Waals surface area contributed by atoms with E-state index in [0.717, 1.165) is 5.56 Å². The van der Waals surface area contributed by atoms with E-state index in [0.29, 0.717) is 42.3 Å². The van der Waals surface area contributed by atoms with E-state index >= 15 is 0 Å². The van der Waals surface area contributed by atoms with E-state index in [2.05, 4.69) is 10.3 Å². The van der Waals surface area contributed by atoms with E-state index in [4.69, 9.17) is 14.9 Å². The molecule has 2 N–H and O–H groups in total. The van der Waals surface area contributed by atoms with Crippen LogP contribution < -0.4 is 25.8 Å². The largest absolute Gasteiger partial charge is 0.493 e. The number of rotatable bonds is 7. The Morgan fingerprint density at radius 2 is 1.91 bits per heavy atom. The van der Waals surface area contributed by atoms with E-state index in [1.807, 2.05) is 18.2 Å². The number of benzene rings is 1. The Hall–Kier alpha value is -4.14. The van der Waals surface area contributed by atoms with Gasteiger partial charge in [0.15, 0.2) is 11.5 Å². The van der Waals surface area contributed by atoms with Crippen molar-refractivity contribution < 1.29 is 14.3 Å². The van der Waals surface area contributed by atoms with Crippen LogP contribution in [0.3, 0.4) is 0 Å². The Kier molecular flexibility index (Phi) is 6.12. The van der Waals surface area contributed by atoms with Gasteiger partial charge in [0, 0.05) is 19.3 Å². The molecule has 0 aliphatic carbocycles. The average Bonchev–Trinajstić information content (AvgIpc) is 2.83. The fourth-order valence-electron chi connectivity index (χ4n) is 3.81. The zero-order valence-electron chi connectivity index (χ0n) is 18.7. The van der Waals surface area contributed by atoms with Crippen LogP contribution in [-0.2, 0) is 13.0 Å². The number of ether oxygens (including phenoxy) is 2. The molecule has 9 nitrogen and oxygen atoms in total. The topological polar surface area (TPSA) is 111 Å². The molecule has 0 atom stereocenters. The number of hydrogen-bond donors (Lipinski definition) is 2. The van der Waals surface area contributed by atoms with Gasteiger partial charge in [0.1, 0.15) is 16.8 Å². The standard InChI is InChI=1S/C24H25N5O4/c1-4-26-23(30)16-14-17-22(27-20-7-5-6-11-28(20)24(17)31)29(21(16)25)12-10-15-8-9-18(32-2)19(13-15)33-3/h5-9,11,13-14,25H,4,10,12H2,1-3H3,(H,26,30). The molecule has 4 aromatic rings. The first-order valence-electron chi connectivity index (χ1n) is 10.6. The molecule has 0 unspecified atom stereocenters.